The lowest BCUT2D eigenvalue weighted by molar-refractivity contribution is 0.654. The minimum absolute atomic E-state index is 0.538. The summed E-state index contributed by atoms with van der Waals surface area (Å²) in [5.41, 5.74) is 0. The van der Waals surface area contributed by atoms with Gasteiger partial charge >= 0.3 is 0 Å². The molecule has 2 heteroatoms. The quantitative estimate of drug-likeness (QED) is 0.725. The molecule has 0 amide bonds. The maximum atomic E-state index is 8.54. The second kappa shape index (κ2) is 5.92. The highest BCUT2D eigenvalue weighted by Gasteiger charge is 2.09. The first kappa shape index (κ1) is 12.3. The Bertz CT molecular complexity index is 333. The minimum Gasteiger partial charge on any atom is -0.198 e. The van der Waals surface area contributed by atoms with Gasteiger partial charge in [-0.1, -0.05) is 20.8 Å². The molecule has 0 bridgehead atoms. The summed E-state index contributed by atoms with van der Waals surface area (Å²) in [6.45, 7) is 6.71. The maximum absolute atomic E-state index is 8.54. The van der Waals surface area contributed by atoms with Crippen molar-refractivity contribution in [2.75, 3.05) is 0 Å². The van der Waals surface area contributed by atoms with Crippen molar-refractivity contribution in [3.05, 3.63) is 21.9 Å². The molecule has 1 aromatic heterocycles. The summed E-state index contributed by atoms with van der Waals surface area (Å²) < 4.78 is 0. The number of rotatable bonds is 5. The average Bonchev–Trinajstić information content (AvgIpc) is 2.61. The summed E-state index contributed by atoms with van der Waals surface area (Å²) in [4.78, 5) is 2.91. The topological polar surface area (TPSA) is 23.8 Å². The molecule has 0 aliphatic rings. The van der Waals surface area contributed by atoms with Crippen LogP contribution in [0, 0.1) is 17.2 Å². The van der Waals surface area contributed by atoms with Crippen LogP contribution in [0.1, 0.15) is 49.3 Å². The van der Waals surface area contributed by atoms with Gasteiger partial charge in [-0.25, -0.2) is 0 Å². The molecule has 1 rings (SSSR count). The Morgan fingerprint density at radius 1 is 1.33 bits per heavy atom. The van der Waals surface area contributed by atoms with Crippen molar-refractivity contribution in [2.45, 2.75) is 46.0 Å². The first-order chi connectivity index (χ1) is 7.13. The van der Waals surface area contributed by atoms with Crippen molar-refractivity contribution in [1.29, 1.82) is 5.26 Å². The van der Waals surface area contributed by atoms with Crippen molar-refractivity contribution < 1.29 is 0 Å². The van der Waals surface area contributed by atoms with E-state index >= 15 is 0 Å². The third-order valence-corrected chi connectivity index (χ3v) is 3.81. The van der Waals surface area contributed by atoms with Crippen molar-refractivity contribution in [1.82, 2.24) is 0 Å². The lowest BCUT2D eigenvalue weighted by Gasteiger charge is -2.05. The van der Waals surface area contributed by atoms with Crippen LogP contribution in [0.4, 0.5) is 0 Å². The Kier molecular flexibility index (Phi) is 4.84. The van der Waals surface area contributed by atoms with Gasteiger partial charge in [0.15, 0.2) is 0 Å². The lowest BCUT2D eigenvalue weighted by atomic mass is 10.0. The molecule has 0 aliphatic heterocycles. The SMILES string of the molecule is CC(C)Cc1ccc(C(C)CCC#N)s1. The van der Waals surface area contributed by atoms with E-state index in [1.165, 1.54) is 16.2 Å². The van der Waals surface area contributed by atoms with Crippen LogP contribution < -0.4 is 0 Å². The first-order valence-electron chi connectivity index (χ1n) is 5.59. The van der Waals surface area contributed by atoms with E-state index in [1.54, 1.807) is 0 Å². The first-order valence-corrected chi connectivity index (χ1v) is 6.40. The Labute approximate surface area is 96.7 Å². The predicted octanol–water partition coefficient (Wildman–Crippen LogP) is 4.35. The van der Waals surface area contributed by atoms with Gasteiger partial charge in [0, 0.05) is 16.2 Å². The van der Waals surface area contributed by atoms with E-state index < -0.39 is 0 Å². The molecule has 1 unspecified atom stereocenters. The summed E-state index contributed by atoms with van der Waals surface area (Å²) in [6, 6.07) is 6.68. The lowest BCUT2D eigenvalue weighted by Crippen LogP contribution is -1.90. The number of nitrogens with zero attached hydrogens (tertiary/aromatic N) is 1. The van der Waals surface area contributed by atoms with E-state index in [1.807, 2.05) is 11.3 Å². The molecule has 0 aromatic carbocycles. The molecule has 0 saturated carbocycles. The van der Waals surface area contributed by atoms with Crippen LogP contribution >= 0.6 is 11.3 Å². The van der Waals surface area contributed by atoms with Gasteiger partial charge in [0.2, 0.25) is 0 Å². The van der Waals surface area contributed by atoms with Crippen LogP contribution in [0.2, 0.25) is 0 Å². The molecule has 0 N–H and O–H groups in total. The molecule has 15 heavy (non-hydrogen) atoms. The van der Waals surface area contributed by atoms with Gasteiger partial charge in [-0.3, -0.25) is 0 Å². The third-order valence-electron chi connectivity index (χ3n) is 2.47. The van der Waals surface area contributed by atoms with Gasteiger partial charge in [-0.05, 0) is 36.8 Å². The average molecular weight is 221 g/mol. The zero-order valence-electron chi connectivity index (χ0n) is 9.79. The van der Waals surface area contributed by atoms with Crippen LogP contribution in [0.15, 0.2) is 12.1 Å². The van der Waals surface area contributed by atoms with E-state index in [0.717, 1.165) is 12.3 Å². The molecule has 1 nitrogen and oxygen atoms in total. The zero-order valence-corrected chi connectivity index (χ0v) is 10.6. The molecule has 0 aliphatic carbocycles. The largest absolute Gasteiger partial charge is 0.198 e. The fraction of sp³-hybridized carbons (Fsp3) is 0.615. The van der Waals surface area contributed by atoms with Crippen molar-refractivity contribution >= 4 is 11.3 Å². The smallest absolute Gasteiger partial charge is 0.0621 e. The minimum atomic E-state index is 0.538. The number of nitriles is 1. The third kappa shape index (κ3) is 4.05. The van der Waals surface area contributed by atoms with E-state index in [2.05, 4.69) is 39.0 Å². The second-order valence-corrected chi connectivity index (χ2v) is 5.70. The van der Waals surface area contributed by atoms with Crippen LogP contribution in [0.5, 0.6) is 0 Å². The van der Waals surface area contributed by atoms with Crippen molar-refractivity contribution in [2.24, 2.45) is 5.92 Å². The highest BCUT2D eigenvalue weighted by atomic mass is 32.1. The second-order valence-electron chi connectivity index (χ2n) is 4.50. The number of thiophene rings is 1. The maximum Gasteiger partial charge on any atom is 0.0621 e. The molecule has 0 spiro atoms. The van der Waals surface area contributed by atoms with Gasteiger partial charge in [-0.15, -0.1) is 11.3 Å². The van der Waals surface area contributed by atoms with Crippen LogP contribution in [0.3, 0.4) is 0 Å². The van der Waals surface area contributed by atoms with E-state index in [9.17, 15) is 0 Å². The van der Waals surface area contributed by atoms with Crippen LogP contribution in [0.25, 0.3) is 0 Å². The highest BCUT2D eigenvalue weighted by Crippen LogP contribution is 2.29. The zero-order chi connectivity index (χ0) is 11.3. The number of hydrogen-bond donors (Lipinski definition) is 0. The fourth-order valence-electron chi connectivity index (χ4n) is 1.59. The van der Waals surface area contributed by atoms with Crippen LogP contribution in [-0.2, 0) is 6.42 Å². The highest BCUT2D eigenvalue weighted by molar-refractivity contribution is 7.12. The summed E-state index contributed by atoms with van der Waals surface area (Å²) in [7, 11) is 0. The Hall–Kier alpha value is -0.810. The molecule has 0 radical (unpaired) electrons. The Balaban J connectivity index is 2.55. The molecular formula is C13H19NS. The van der Waals surface area contributed by atoms with E-state index in [0.29, 0.717) is 12.3 Å². The van der Waals surface area contributed by atoms with Gasteiger partial charge in [0.1, 0.15) is 0 Å². The molecule has 0 saturated heterocycles. The molecule has 82 valence electrons. The fourth-order valence-corrected chi connectivity index (χ4v) is 2.91. The van der Waals surface area contributed by atoms with Crippen molar-refractivity contribution in [3.63, 3.8) is 0 Å². The Morgan fingerprint density at radius 3 is 2.67 bits per heavy atom. The predicted molar refractivity (Wildman–Crippen MR) is 66.1 cm³/mol. The normalized spacial score (nSPS) is 12.7. The molecule has 0 fully saturated rings. The van der Waals surface area contributed by atoms with Crippen LogP contribution in [-0.4, -0.2) is 0 Å². The van der Waals surface area contributed by atoms with Crippen molar-refractivity contribution in [3.8, 4) is 6.07 Å². The van der Waals surface area contributed by atoms with E-state index in [4.69, 9.17) is 5.26 Å². The summed E-state index contributed by atoms with van der Waals surface area (Å²) >= 11 is 1.91. The summed E-state index contributed by atoms with van der Waals surface area (Å²) in [5.74, 6) is 1.27. The van der Waals surface area contributed by atoms with E-state index in [-0.39, 0.29) is 0 Å². The van der Waals surface area contributed by atoms with Gasteiger partial charge in [0.05, 0.1) is 6.07 Å². The van der Waals surface area contributed by atoms with Gasteiger partial charge < -0.3 is 0 Å². The van der Waals surface area contributed by atoms with Gasteiger partial charge in [0.25, 0.3) is 0 Å². The number of hydrogen-bond acceptors (Lipinski definition) is 2. The molecular weight excluding hydrogens is 202 g/mol. The monoisotopic (exact) mass is 221 g/mol. The van der Waals surface area contributed by atoms with Gasteiger partial charge in [-0.2, -0.15) is 5.26 Å². The molecule has 1 aromatic rings. The Morgan fingerprint density at radius 2 is 2.07 bits per heavy atom. The summed E-state index contributed by atoms with van der Waals surface area (Å²) in [5, 5.41) is 8.54. The summed E-state index contributed by atoms with van der Waals surface area (Å²) in [6.07, 6.45) is 2.83. The molecule has 1 heterocycles. The molecule has 1 atom stereocenters. The standard InChI is InChI=1S/C13H19NS/c1-10(2)9-12-6-7-13(15-12)11(3)5-4-8-14/h6-7,10-11H,4-5,9H2,1-3H3.